The molecule has 0 aliphatic rings. The molecule has 1 nitrogen and oxygen atoms in total. The highest BCUT2D eigenvalue weighted by Gasteiger charge is 2.08. The molecular weight excluding hydrogens is 158 g/mol. The summed E-state index contributed by atoms with van der Waals surface area (Å²) in [6.07, 6.45) is 2.07. The molecule has 1 atom stereocenters. The Morgan fingerprint density at radius 1 is 1.31 bits per heavy atom. The summed E-state index contributed by atoms with van der Waals surface area (Å²) < 4.78 is 0. The van der Waals surface area contributed by atoms with Crippen molar-refractivity contribution in [2.24, 2.45) is 5.92 Å². The topological polar surface area (TPSA) is 23.9 Å². The van der Waals surface area contributed by atoms with Gasteiger partial charge in [0, 0.05) is 11.6 Å². The first-order chi connectivity index (χ1) is 6.24. The lowest BCUT2D eigenvalue weighted by atomic mass is 9.93. The molecule has 0 aliphatic carbocycles. The van der Waals surface area contributed by atoms with Gasteiger partial charge in [0.1, 0.15) is 0 Å². The van der Waals surface area contributed by atoms with Crippen molar-refractivity contribution in [3.05, 3.63) is 35.9 Å². The molecule has 0 saturated heterocycles. The largest absolute Gasteiger partial charge is 0.310 e. The fourth-order valence-electron chi connectivity index (χ4n) is 1.50. The van der Waals surface area contributed by atoms with E-state index in [1.165, 1.54) is 5.56 Å². The molecule has 1 heteroatoms. The van der Waals surface area contributed by atoms with Crippen LogP contribution in [0.25, 0.3) is 0 Å². The van der Waals surface area contributed by atoms with Gasteiger partial charge in [-0.2, -0.15) is 0 Å². The van der Waals surface area contributed by atoms with Crippen LogP contribution in [-0.4, -0.2) is 5.71 Å². The van der Waals surface area contributed by atoms with Gasteiger partial charge >= 0.3 is 0 Å². The third-order valence-corrected chi connectivity index (χ3v) is 2.43. The van der Waals surface area contributed by atoms with E-state index < -0.39 is 0 Å². The maximum absolute atomic E-state index is 7.60. The molecule has 0 saturated carbocycles. The van der Waals surface area contributed by atoms with Crippen LogP contribution in [0.3, 0.4) is 0 Å². The Labute approximate surface area is 80.3 Å². The van der Waals surface area contributed by atoms with Gasteiger partial charge in [-0.05, 0) is 25.3 Å². The molecule has 0 radical (unpaired) electrons. The Hall–Kier alpha value is -1.11. The van der Waals surface area contributed by atoms with Crippen LogP contribution in [0.4, 0.5) is 0 Å². The van der Waals surface area contributed by atoms with Crippen LogP contribution < -0.4 is 0 Å². The monoisotopic (exact) mass is 175 g/mol. The maximum Gasteiger partial charge on any atom is 0.00923 e. The first-order valence-electron chi connectivity index (χ1n) is 4.83. The summed E-state index contributed by atoms with van der Waals surface area (Å²) in [5.74, 6) is 0.419. The maximum atomic E-state index is 7.60. The third-order valence-electron chi connectivity index (χ3n) is 2.43. The van der Waals surface area contributed by atoms with Crippen molar-refractivity contribution >= 4 is 5.71 Å². The van der Waals surface area contributed by atoms with E-state index >= 15 is 0 Å². The van der Waals surface area contributed by atoms with Crippen molar-refractivity contribution in [3.8, 4) is 0 Å². The second-order valence-electron chi connectivity index (χ2n) is 3.48. The molecule has 1 aromatic rings. The normalized spacial score (nSPS) is 12.5. The van der Waals surface area contributed by atoms with Crippen molar-refractivity contribution in [2.45, 2.75) is 26.7 Å². The lowest BCUT2D eigenvalue weighted by Gasteiger charge is -2.12. The Bertz CT molecular complexity index is 264. The van der Waals surface area contributed by atoms with Crippen LogP contribution >= 0.6 is 0 Å². The lowest BCUT2D eigenvalue weighted by molar-refractivity contribution is 0.656. The summed E-state index contributed by atoms with van der Waals surface area (Å²) in [6, 6.07) is 10.4. The van der Waals surface area contributed by atoms with Gasteiger partial charge in [0.15, 0.2) is 0 Å². The molecule has 1 rings (SSSR count). The molecule has 0 aromatic heterocycles. The second kappa shape index (κ2) is 4.80. The number of benzene rings is 1. The second-order valence-corrected chi connectivity index (χ2v) is 3.48. The average Bonchev–Trinajstić information content (AvgIpc) is 2.15. The third kappa shape index (κ3) is 3.02. The van der Waals surface area contributed by atoms with Gasteiger partial charge in [-0.1, -0.05) is 37.3 Å². The summed E-state index contributed by atoms with van der Waals surface area (Å²) in [5, 5.41) is 7.60. The zero-order chi connectivity index (χ0) is 9.68. The average molecular weight is 175 g/mol. The van der Waals surface area contributed by atoms with Crippen LogP contribution in [0, 0.1) is 11.3 Å². The highest BCUT2D eigenvalue weighted by Crippen LogP contribution is 2.12. The van der Waals surface area contributed by atoms with Crippen molar-refractivity contribution in [1.29, 1.82) is 5.41 Å². The Morgan fingerprint density at radius 2 is 1.92 bits per heavy atom. The van der Waals surface area contributed by atoms with E-state index in [0.29, 0.717) is 5.92 Å². The smallest absolute Gasteiger partial charge is 0.00923 e. The van der Waals surface area contributed by atoms with Crippen molar-refractivity contribution in [1.82, 2.24) is 0 Å². The SMILES string of the molecule is CCC(Cc1ccccc1)C(C)=N. The minimum atomic E-state index is 0.419. The quantitative estimate of drug-likeness (QED) is 0.679. The van der Waals surface area contributed by atoms with Crippen molar-refractivity contribution < 1.29 is 0 Å². The molecule has 1 unspecified atom stereocenters. The van der Waals surface area contributed by atoms with E-state index in [2.05, 4.69) is 31.2 Å². The highest BCUT2D eigenvalue weighted by molar-refractivity contribution is 5.81. The Morgan fingerprint density at radius 3 is 2.38 bits per heavy atom. The molecule has 1 N–H and O–H groups in total. The highest BCUT2D eigenvalue weighted by atomic mass is 14.4. The molecule has 1 aromatic carbocycles. The minimum absolute atomic E-state index is 0.419. The summed E-state index contributed by atoms with van der Waals surface area (Å²) in [4.78, 5) is 0. The standard InChI is InChI=1S/C12H17N/c1-3-12(10(2)13)9-11-7-5-4-6-8-11/h4-8,12-13H,3,9H2,1-2H3. The Balaban J connectivity index is 2.62. The zero-order valence-electron chi connectivity index (χ0n) is 8.38. The van der Waals surface area contributed by atoms with Crippen molar-refractivity contribution in [3.63, 3.8) is 0 Å². The van der Waals surface area contributed by atoms with Crippen LogP contribution in [0.1, 0.15) is 25.8 Å². The first-order valence-corrected chi connectivity index (χ1v) is 4.83. The number of hydrogen-bond acceptors (Lipinski definition) is 1. The molecular formula is C12H17N. The van der Waals surface area contributed by atoms with Gasteiger partial charge in [-0.25, -0.2) is 0 Å². The molecule has 0 aliphatic heterocycles. The van der Waals surface area contributed by atoms with E-state index in [0.717, 1.165) is 18.6 Å². The zero-order valence-corrected chi connectivity index (χ0v) is 8.38. The fraction of sp³-hybridized carbons (Fsp3) is 0.417. The number of hydrogen-bond donors (Lipinski definition) is 1. The molecule has 0 bridgehead atoms. The molecule has 13 heavy (non-hydrogen) atoms. The summed E-state index contributed by atoms with van der Waals surface area (Å²) in [5.41, 5.74) is 2.13. The van der Waals surface area contributed by atoms with E-state index in [4.69, 9.17) is 5.41 Å². The van der Waals surface area contributed by atoms with Crippen LogP contribution in [0.2, 0.25) is 0 Å². The molecule has 0 heterocycles. The van der Waals surface area contributed by atoms with Gasteiger partial charge in [0.25, 0.3) is 0 Å². The molecule has 0 fully saturated rings. The van der Waals surface area contributed by atoms with Crippen LogP contribution in [0.15, 0.2) is 30.3 Å². The summed E-state index contributed by atoms with van der Waals surface area (Å²) in [7, 11) is 0. The molecule has 0 amide bonds. The van der Waals surface area contributed by atoms with Crippen LogP contribution in [-0.2, 0) is 6.42 Å². The van der Waals surface area contributed by atoms with Crippen LogP contribution in [0.5, 0.6) is 0 Å². The summed E-state index contributed by atoms with van der Waals surface area (Å²) in [6.45, 7) is 4.04. The van der Waals surface area contributed by atoms with E-state index in [-0.39, 0.29) is 0 Å². The number of nitrogens with one attached hydrogen (secondary N) is 1. The van der Waals surface area contributed by atoms with E-state index in [1.54, 1.807) is 0 Å². The first kappa shape index (κ1) is 9.97. The van der Waals surface area contributed by atoms with E-state index in [9.17, 15) is 0 Å². The fourth-order valence-corrected chi connectivity index (χ4v) is 1.50. The Kier molecular flexibility index (Phi) is 3.69. The summed E-state index contributed by atoms with van der Waals surface area (Å²) >= 11 is 0. The predicted octanol–water partition coefficient (Wildman–Crippen LogP) is 3.29. The van der Waals surface area contributed by atoms with Gasteiger partial charge in [-0.3, -0.25) is 0 Å². The van der Waals surface area contributed by atoms with Gasteiger partial charge in [0.2, 0.25) is 0 Å². The van der Waals surface area contributed by atoms with Gasteiger partial charge in [-0.15, -0.1) is 0 Å². The minimum Gasteiger partial charge on any atom is -0.310 e. The lowest BCUT2D eigenvalue weighted by Crippen LogP contribution is -2.11. The van der Waals surface area contributed by atoms with E-state index in [1.807, 2.05) is 13.0 Å². The number of rotatable bonds is 4. The molecule has 70 valence electrons. The van der Waals surface area contributed by atoms with Gasteiger partial charge in [0.05, 0.1) is 0 Å². The molecule has 0 spiro atoms. The van der Waals surface area contributed by atoms with Crippen molar-refractivity contribution in [2.75, 3.05) is 0 Å². The van der Waals surface area contributed by atoms with Gasteiger partial charge < -0.3 is 5.41 Å². The predicted molar refractivity (Wildman–Crippen MR) is 57.3 cm³/mol.